The highest BCUT2D eigenvalue weighted by atomic mass is 19.1. The molecule has 0 aromatic heterocycles. The van der Waals surface area contributed by atoms with E-state index in [0.29, 0.717) is 24.5 Å². The molecule has 1 aromatic rings. The summed E-state index contributed by atoms with van der Waals surface area (Å²) in [5.74, 6) is -0.469. The van der Waals surface area contributed by atoms with E-state index in [9.17, 15) is 8.78 Å². The molecular weight excluding hydrogens is 330 g/mol. The van der Waals surface area contributed by atoms with Crippen molar-refractivity contribution in [3.05, 3.63) is 35.4 Å². The summed E-state index contributed by atoms with van der Waals surface area (Å²) in [6, 6.07) is 3.89. The first-order valence-corrected chi connectivity index (χ1v) is 10.5. The Kier molecular flexibility index (Phi) is 11.0. The van der Waals surface area contributed by atoms with Crippen LogP contribution in [-0.4, -0.2) is 12.2 Å². The van der Waals surface area contributed by atoms with E-state index in [-0.39, 0.29) is 5.60 Å². The molecule has 0 amide bonds. The Labute approximate surface area is 159 Å². The topological polar surface area (TPSA) is 9.23 Å². The Bertz CT molecular complexity index is 499. The Morgan fingerprint density at radius 3 is 2.23 bits per heavy atom. The summed E-state index contributed by atoms with van der Waals surface area (Å²) >= 11 is 0. The zero-order valence-corrected chi connectivity index (χ0v) is 17.3. The molecule has 0 heterocycles. The van der Waals surface area contributed by atoms with E-state index in [2.05, 4.69) is 20.8 Å². The van der Waals surface area contributed by atoms with E-state index in [4.69, 9.17) is 4.74 Å². The van der Waals surface area contributed by atoms with Gasteiger partial charge in [0, 0.05) is 12.7 Å². The number of ether oxygens (including phenoxy) is 1. The molecule has 1 rings (SSSR count). The predicted octanol–water partition coefficient (Wildman–Crippen LogP) is 7.47. The number of unbranched alkanes of at least 4 members (excludes halogenated alkanes) is 5. The van der Waals surface area contributed by atoms with Gasteiger partial charge in [0.05, 0.1) is 5.60 Å². The van der Waals surface area contributed by atoms with Crippen molar-refractivity contribution in [2.75, 3.05) is 6.61 Å². The standard InChI is InChI=1S/C23H38F2O/c1-5-7-8-9-10-11-14-20(23(3,4)26-6-2)15-12-13-19-16-17-21(24)18-22(19)25/h16-18,20H,5-15H2,1-4H3. The summed E-state index contributed by atoms with van der Waals surface area (Å²) in [6.45, 7) is 9.35. The van der Waals surface area contributed by atoms with Gasteiger partial charge in [0.15, 0.2) is 0 Å². The third-order valence-electron chi connectivity index (χ3n) is 5.42. The van der Waals surface area contributed by atoms with Gasteiger partial charge in [-0.25, -0.2) is 8.78 Å². The van der Waals surface area contributed by atoms with Gasteiger partial charge < -0.3 is 4.74 Å². The highest BCUT2D eigenvalue weighted by molar-refractivity contribution is 5.18. The van der Waals surface area contributed by atoms with Crippen LogP contribution in [0.5, 0.6) is 0 Å². The van der Waals surface area contributed by atoms with Crippen LogP contribution < -0.4 is 0 Å². The van der Waals surface area contributed by atoms with Crippen molar-refractivity contribution < 1.29 is 13.5 Å². The molecule has 26 heavy (non-hydrogen) atoms. The van der Waals surface area contributed by atoms with E-state index in [1.54, 1.807) is 6.07 Å². The number of benzene rings is 1. The van der Waals surface area contributed by atoms with Crippen molar-refractivity contribution >= 4 is 0 Å². The zero-order chi connectivity index (χ0) is 19.4. The largest absolute Gasteiger partial charge is 0.376 e. The minimum atomic E-state index is -0.510. The molecule has 1 nitrogen and oxygen atoms in total. The molecule has 150 valence electrons. The molecule has 1 unspecified atom stereocenters. The van der Waals surface area contributed by atoms with Crippen LogP contribution in [0.1, 0.15) is 91.0 Å². The summed E-state index contributed by atoms with van der Waals surface area (Å²) in [5, 5.41) is 0. The van der Waals surface area contributed by atoms with Crippen LogP contribution in [0, 0.1) is 17.6 Å². The first-order valence-electron chi connectivity index (χ1n) is 10.5. The Morgan fingerprint density at radius 1 is 0.923 bits per heavy atom. The Balaban J connectivity index is 2.50. The molecule has 0 saturated heterocycles. The number of rotatable bonds is 14. The van der Waals surface area contributed by atoms with Gasteiger partial charge in [-0.15, -0.1) is 0 Å². The van der Waals surface area contributed by atoms with Gasteiger partial charge in [-0.1, -0.05) is 51.5 Å². The number of halogens is 2. The molecule has 0 radical (unpaired) electrons. The third-order valence-corrected chi connectivity index (χ3v) is 5.42. The quantitative estimate of drug-likeness (QED) is 0.309. The number of hydrogen-bond acceptors (Lipinski definition) is 1. The maximum atomic E-state index is 13.8. The van der Waals surface area contributed by atoms with Crippen molar-refractivity contribution in [2.24, 2.45) is 5.92 Å². The molecule has 1 aromatic carbocycles. The smallest absolute Gasteiger partial charge is 0.129 e. The zero-order valence-electron chi connectivity index (χ0n) is 17.3. The van der Waals surface area contributed by atoms with Crippen molar-refractivity contribution in [1.29, 1.82) is 0 Å². The van der Waals surface area contributed by atoms with Gasteiger partial charge in [-0.3, -0.25) is 0 Å². The Hall–Kier alpha value is -0.960. The fourth-order valence-corrected chi connectivity index (χ4v) is 3.76. The highest BCUT2D eigenvalue weighted by Gasteiger charge is 2.29. The molecule has 3 heteroatoms. The number of aryl methyl sites for hydroxylation is 1. The lowest BCUT2D eigenvalue weighted by molar-refractivity contribution is -0.0603. The van der Waals surface area contributed by atoms with Gasteiger partial charge >= 0.3 is 0 Å². The van der Waals surface area contributed by atoms with Crippen LogP contribution in [-0.2, 0) is 11.2 Å². The SMILES string of the molecule is CCCCCCCCC(CCCc1ccc(F)cc1F)C(C)(C)OCC. The van der Waals surface area contributed by atoms with Crippen LogP contribution in [0.3, 0.4) is 0 Å². The van der Waals surface area contributed by atoms with Crippen molar-refractivity contribution in [3.63, 3.8) is 0 Å². The second-order valence-electron chi connectivity index (χ2n) is 7.92. The van der Waals surface area contributed by atoms with E-state index in [0.717, 1.165) is 25.3 Å². The van der Waals surface area contributed by atoms with E-state index >= 15 is 0 Å². The van der Waals surface area contributed by atoms with Crippen LogP contribution in [0.25, 0.3) is 0 Å². The lowest BCUT2D eigenvalue weighted by Gasteiger charge is -2.34. The fraction of sp³-hybridized carbons (Fsp3) is 0.739. The van der Waals surface area contributed by atoms with Gasteiger partial charge in [0.25, 0.3) is 0 Å². The maximum Gasteiger partial charge on any atom is 0.129 e. The Morgan fingerprint density at radius 2 is 1.58 bits per heavy atom. The molecule has 0 aliphatic rings. The lowest BCUT2D eigenvalue weighted by Crippen LogP contribution is -2.34. The first kappa shape index (κ1) is 23.1. The highest BCUT2D eigenvalue weighted by Crippen LogP contribution is 2.31. The molecule has 0 N–H and O–H groups in total. The maximum absolute atomic E-state index is 13.8. The molecule has 0 aliphatic carbocycles. The molecule has 0 bridgehead atoms. The van der Waals surface area contributed by atoms with Gasteiger partial charge in [-0.2, -0.15) is 0 Å². The molecule has 0 aliphatic heterocycles. The average Bonchev–Trinajstić information content (AvgIpc) is 2.57. The van der Waals surface area contributed by atoms with Crippen LogP contribution in [0.4, 0.5) is 8.78 Å². The van der Waals surface area contributed by atoms with E-state index in [1.807, 2.05) is 6.92 Å². The summed E-state index contributed by atoms with van der Waals surface area (Å²) in [5.41, 5.74) is 0.457. The van der Waals surface area contributed by atoms with Crippen LogP contribution in [0.15, 0.2) is 18.2 Å². The predicted molar refractivity (Wildman–Crippen MR) is 106 cm³/mol. The second kappa shape index (κ2) is 12.4. The van der Waals surface area contributed by atoms with Crippen molar-refractivity contribution in [3.8, 4) is 0 Å². The number of hydrogen-bond donors (Lipinski definition) is 0. The van der Waals surface area contributed by atoms with Gasteiger partial charge in [-0.05, 0) is 64.0 Å². The van der Waals surface area contributed by atoms with Crippen molar-refractivity contribution in [2.45, 2.75) is 97.5 Å². The molecule has 0 saturated carbocycles. The molecule has 0 fully saturated rings. The second-order valence-corrected chi connectivity index (χ2v) is 7.92. The lowest BCUT2D eigenvalue weighted by atomic mass is 9.82. The minimum absolute atomic E-state index is 0.153. The van der Waals surface area contributed by atoms with Crippen LogP contribution in [0.2, 0.25) is 0 Å². The van der Waals surface area contributed by atoms with E-state index < -0.39 is 11.6 Å². The van der Waals surface area contributed by atoms with Gasteiger partial charge in [0.1, 0.15) is 11.6 Å². The van der Waals surface area contributed by atoms with Crippen LogP contribution >= 0.6 is 0 Å². The third kappa shape index (κ3) is 8.62. The molecule has 0 spiro atoms. The van der Waals surface area contributed by atoms with Gasteiger partial charge in [0.2, 0.25) is 0 Å². The minimum Gasteiger partial charge on any atom is -0.376 e. The fourth-order valence-electron chi connectivity index (χ4n) is 3.76. The van der Waals surface area contributed by atoms with Crippen molar-refractivity contribution in [1.82, 2.24) is 0 Å². The molecular formula is C23H38F2O. The first-order chi connectivity index (χ1) is 12.4. The summed E-state index contributed by atoms with van der Waals surface area (Å²) in [6.07, 6.45) is 11.5. The monoisotopic (exact) mass is 368 g/mol. The summed E-state index contributed by atoms with van der Waals surface area (Å²) < 4.78 is 32.9. The average molecular weight is 369 g/mol. The summed E-state index contributed by atoms with van der Waals surface area (Å²) in [7, 11) is 0. The summed E-state index contributed by atoms with van der Waals surface area (Å²) in [4.78, 5) is 0. The molecule has 1 atom stereocenters. The normalized spacial score (nSPS) is 13.2. The van der Waals surface area contributed by atoms with E-state index in [1.165, 1.54) is 44.6 Å².